The Labute approximate surface area is 165 Å². The second kappa shape index (κ2) is 7.47. The van der Waals surface area contributed by atoms with E-state index in [2.05, 4.69) is 10.3 Å². The van der Waals surface area contributed by atoms with E-state index < -0.39 is 18.5 Å². The van der Waals surface area contributed by atoms with Gasteiger partial charge in [-0.2, -0.15) is 0 Å². The molecule has 1 N–H and O–H groups in total. The number of esters is 1. The third kappa shape index (κ3) is 3.41. The first-order valence-corrected chi connectivity index (χ1v) is 8.74. The summed E-state index contributed by atoms with van der Waals surface area (Å²) in [6.07, 6.45) is 2.84. The Bertz CT molecular complexity index is 1150. The standard InChI is InChI=1S/C22H14N2O5/c25-18(12-29-22(28)13-5-4-10-23-11-13)24-17-9-3-8-16-19(17)21(27)15-7-2-1-6-14(15)20(16)26/h1-11H,12H2,(H,24,25). The number of hydrogen-bond acceptors (Lipinski definition) is 6. The van der Waals surface area contributed by atoms with Crippen LogP contribution in [0.4, 0.5) is 5.69 Å². The van der Waals surface area contributed by atoms with Gasteiger partial charge >= 0.3 is 5.97 Å². The lowest BCUT2D eigenvalue weighted by molar-refractivity contribution is -0.119. The van der Waals surface area contributed by atoms with Crippen molar-refractivity contribution in [3.05, 3.63) is 94.8 Å². The normalized spacial score (nSPS) is 12.0. The molecule has 0 aliphatic heterocycles. The monoisotopic (exact) mass is 386 g/mol. The molecule has 29 heavy (non-hydrogen) atoms. The van der Waals surface area contributed by atoms with Crippen molar-refractivity contribution in [1.29, 1.82) is 0 Å². The van der Waals surface area contributed by atoms with Crippen molar-refractivity contribution in [1.82, 2.24) is 4.98 Å². The molecule has 2 aromatic carbocycles. The summed E-state index contributed by atoms with van der Waals surface area (Å²) in [5, 5.41) is 2.55. The maximum absolute atomic E-state index is 12.9. The molecule has 1 heterocycles. The molecule has 1 amide bonds. The van der Waals surface area contributed by atoms with Crippen molar-refractivity contribution < 1.29 is 23.9 Å². The lowest BCUT2D eigenvalue weighted by Crippen LogP contribution is -2.26. The SMILES string of the molecule is O=C(COC(=O)c1cccnc1)Nc1cccc2c1C(=O)c1ccccc1C2=O. The van der Waals surface area contributed by atoms with Crippen molar-refractivity contribution in [3.63, 3.8) is 0 Å². The van der Waals surface area contributed by atoms with Crippen molar-refractivity contribution in [3.8, 4) is 0 Å². The van der Waals surface area contributed by atoms with Gasteiger partial charge in [0.15, 0.2) is 18.2 Å². The third-order valence-electron chi connectivity index (χ3n) is 4.46. The number of ether oxygens (including phenoxy) is 1. The Morgan fingerprint density at radius 2 is 1.59 bits per heavy atom. The molecule has 1 aromatic heterocycles. The number of amides is 1. The molecule has 1 aliphatic rings. The van der Waals surface area contributed by atoms with E-state index in [-0.39, 0.29) is 39.5 Å². The van der Waals surface area contributed by atoms with Gasteiger partial charge in [-0.1, -0.05) is 36.4 Å². The fourth-order valence-electron chi connectivity index (χ4n) is 3.13. The number of nitrogens with one attached hydrogen (secondary N) is 1. The smallest absolute Gasteiger partial charge is 0.340 e. The van der Waals surface area contributed by atoms with Gasteiger partial charge in [0.05, 0.1) is 16.8 Å². The van der Waals surface area contributed by atoms with Crippen LogP contribution >= 0.6 is 0 Å². The highest BCUT2D eigenvalue weighted by molar-refractivity contribution is 6.30. The lowest BCUT2D eigenvalue weighted by Gasteiger charge is -2.20. The molecule has 0 saturated heterocycles. The first-order valence-electron chi connectivity index (χ1n) is 8.74. The number of anilines is 1. The average molecular weight is 386 g/mol. The van der Waals surface area contributed by atoms with Gasteiger partial charge in [-0.3, -0.25) is 19.4 Å². The van der Waals surface area contributed by atoms with Crippen LogP contribution < -0.4 is 5.32 Å². The highest BCUT2D eigenvalue weighted by Gasteiger charge is 2.31. The molecule has 4 rings (SSSR count). The van der Waals surface area contributed by atoms with E-state index in [1.165, 1.54) is 24.5 Å². The van der Waals surface area contributed by atoms with E-state index in [4.69, 9.17) is 4.74 Å². The highest BCUT2D eigenvalue weighted by Crippen LogP contribution is 2.31. The maximum Gasteiger partial charge on any atom is 0.340 e. The minimum atomic E-state index is -0.691. The van der Waals surface area contributed by atoms with E-state index in [0.29, 0.717) is 5.56 Å². The molecule has 1 aliphatic carbocycles. The van der Waals surface area contributed by atoms with Crippen LogP contribution in [0.15, 0.2) is 67.0 Å². The van der Waals surface area contributed by atoms with Gasteiger partial charge in [-0.15, -0.1) is 0 Å². The summed E-state index contributed by atoms with van der Waals surface area (Å²) in [5.41, 5.74) is 1.38. The summed E-state index contributed by atoms with van der Waals surface area (Å²) in [7, 11) is 0. The van der Waals surface area contributed by atoms with E-state index in [1.54, 1.807) is 42.5 Å². The molecule has 0 atom stereocenters. The molecule has 0 radical (unpaired) electrons. The van der Waals surface area contributed by atoms with Crippen molar-refractivity contribution in [2.24, 2.45) is 0 Å². The van der Waals surface area contributed by atoms with Crippen LogP contribution in [0.1, 0.15) is 42.2 Å². The Balaban J connectivity index is 1.53. The molecular weight excluding hydrogens is 372 g/mol. The van der Waals surface area contributed by atoms with Gasteiger partial charge in [0, 0.05) is 29.1 Å². The van der Waals surface area contributed by atoms with Crippen LogP contribution in [0.2, 0.25) is 0 Å². The van der Waals surface area contributed by atoms with Crippen LogP contribution in [0.25, 0.3) is 0 Å². The first-order chi connectivity index (χ1) is 14.1. The van der Waals surface area contributed by atoms with Crippen LogP contribution in [0.5, 0.6) is 0 Å². The quantitative estimate of drug-likeness (QED) is 0.541. The number of ketones is 2. The van der Waals surface area contributed by atoms with Crippen molar-refractivity contribution >= 4 is 29.1 Å². The molecule has 7 nitrogen and oxygen atoms in total. The third-order valence-corrected chi connectivity index (χ3v) is 4.46. The minimum absolute atomic E-state index is 0.128. The van der Waals surface area contributed by atoms with Gasteiger partial charge in [0.1, 0.15) is 0 Å². The Morgan fingerprint density at radius 3 is 2.31 bits per heavy atom. The molecule has 0 spiro atoms. The maximum atomic E-state index is 12.9. The highest BCUT2D eigenvalue weighted by atomic mass is 16.5. The summed E-state index contributed by atoms with van der Waals surface area (Å²) in [6, 6.07) is 14.3. The molecular formula is C22H14N2O5. The Morgan fingerprint density at radius 1 is 0.862 bits per heavy atom. The van der Waals surface area contributed by atoms with Crippen LogP contribution in [0, 0.1) is 0 Å². The number of hydrogen-bond donors (Lipinski definition) is 1. The van der Waals surface area contributed by atoms with Crippen LogP contribution in [-0.4, -0.2) is 35.0 Å². The predicted octanol–water partition coefficient (Wildman–Crippen LogP) is 2.65. The van der Waals surface area contributed by atoms with Crippen molar-refractivity contribution in [2.45, 2.75) is 0 Å². The molecule has 0 bridgehead atoms. The van der Waals surface area contributed by atoms with Crippen molar-refractivity contribution in [2.75, 3.05) is 11.9 Å². The minimum Gasteiger partial charge on any atom is -0.452 e. The van der Waals surface area contributed by atoms with E-state index >= 15 is 0 Å². The second-order valence-electron chi connectivity index (χ2n) is 6.30. The van der Waals surface area contributed by atoms with Gasteiger partial charge in [0.25, 0.3) is 5.91 Å². The fraction of sp³-hybridized carbons (Fsp3) is 0.0455. The van der Waals surface area contributed by atoms with Crippen LogP contribution in [-0.2, 0) is 9.53 Å². The number of fused-ring (bicyclic) bond motifs is 2. The number of carbonyl (C=O) groups excluding carboxylic acids is 4. The summed E-state index contributed by atoms with van der Waals surface area (Å²) in [6.45, 7) is -0.546. The summed E-state index contributed by atoms with van der Waals surface area (Å²) in [4.78, 5) is 53.6. The Kier molecular flexibility index (Phi) is 4.70. The zero-order valence-corrected chi connectivity index (χ0v) is 15.0. The number of benzene rings is 2. The topological polar surface area (TPSA) is 102 Å². The molecule has 0 fully saturated rings. The molecule has 0 unspecified atom stereocenters. The summed E-state index contributed by atoms with van der Waals surface area (Å²) >= 11 is 0. The molecule has 3 aromatic rings. The predicted molar refractivity (Wildman–Crippen MR) is 103 cm³/mol. The van der Waals surface area contributed by atoms with Gasteiger partial charge in [-0.25, -0.2) is 4.79 Å². The van der Waals surface area contributed by atoms with Gasteiger partial charge in [-0.05, 0) is 18.2 Å². The Hall–Kier alpha value is -4.13. The lowest BCUT2D eigenvalue weighted by atomic mass is 9.83. The fourth-order valence-corrected chi connectivity index (χ4v) is 3.13. The van der Waals surface area contributed by atoms with Gasteiger partial charge in [0.2, 0.25) is 0 Å². The summed E-state index contributed by atoms with van der Waals surface area (Å²) in [5.74, 6) is -1.95. The summed E-state index contributed by atoms with van der Waals surface area (Å²) < 4.78 is 4.97. The molecule has 7 heteroatoms. The molecule has 142 valence electrons. The molecule has 0 saturated carbocycles. The number of pyridine rings is 1. The largest absolute Gasteiger partial charge is 0.452 e. The van der Waals surface area contributed by atoms with E-state index in [1.807, 2.05) is 0 Å². The number of nitrogens with zero attached hydrogens (tertiary/aromatic N) is 1. The first kappa shape index (κ1) is 18.2. The zero-order valence-electron chi connectivity index (χ0n) is 15.0. The average Bonchev–Trinajstić information content (AvgIpc) is 2.76. The van der Waals surface area contributed by atoms with E-state index in [0.717, 1.165) is 0 Å². The second-order valence-corrected chi connectivity index (χ2v) is 6.30. The van der Waals surface area contributed by atoms with E-state index in [9.17, 15) is 19.2 Å². The number of rotatable bonds is 4. The van der Waals surface area contributed by atoms with Crippen LogP contribution in [0.3, 0.4) is 0 Å². The van der Waals surface area contributed by atoms with Gasteiger partial charge < -0.3 is 10.1 Å². The number of aromatic nitrogens is 1. The zero-order chi connectivity index (χ0) is 20.4. The number of carbonyl (C=O) groups is 4.